The molecule has 0 atom stereocenters. The molecule has 0 fully saturated rings. The summed E-state index contributed by atoms with van der Waals surface area (Å²) in [5, 5.41) is 0. The minimum absolute atomic E-state index is 0.139. The van der Waals surface area contributed by atoms with E-state index in [0.717, 1.165) is 9.87 Å². The van der Waals surface area contributed by atoms with Crippen LogP contribution in [0.5, 0.6) is 11.5 Å². The van der Waals surface area contributed by atoms with Gasteiger partial charge >= 0.3 is 0 Å². The van der Waals surface area contributed by atoms with Crippen LogP contribution in [-0.4, -0.2) is 46.8 Å². The lowest BCUT2D eigenvalue weighted by Gasteiger charge is -2.11. The Balaban J connectivity index is 2.21. The summed E-state index contributed by atoms with van der Waals surface area (Å²) >= 11 is 0. The van der Waals surface area contributed by atoms with Crippen molar-refractivity contribution in [3.05, 3.63) is 59.7 Å². The van der Waals surface area contributed by atoms with Gasteiger partial charge in [-0.15, -0.1) is 0 Å². The van der Waals surface area contributed by atoms with Crippen LogP contribution in [0.15, 0.2) is 53.4 Å². The van der Waals surface area contributed by atoms with E-state index in [2.05, 4.69) is 0 Å². The number of sulfonamides is 1. The van der Waals surface area contributed by atoms with Gasteiger partial charge in [-0.25, -0.2) is 12.7 Å². The molecule has 0 radical (unpaired) electrons. The number of nitrogens with zero attached hydrogens (tertiary/aromatic N) is 1. The molecule has 26 heavy (non-hydrogen) atoms. The molecule has 0 unspecified atom stereocenters. The van der Waals surface area contributed by atoms with Gasteiger partial charge in [0.2, 0.25) is 10.0 Å². The van der Waals surface area contributed by atoms with E-state index in [1.807, 2.05) is 0 Å². The van der Waals surface area contributed by atoms with Crippen molar-refractivity contribution in [2.45, 2.75) is 4.90 Å². The summed E-state index contributed by atoms with van der Waals surface area (Å²) in [6.07, 6.45) is 3.07. The molecule has 2 aromatic carbocycles. The van der Waals surface area contributed by atoms with Crippen LogP contribution in [0.3, 0.4) is 0 Å². The molecule has 0 heterocycles. The molecule has 2 rings (SSSR count). The number of hydrogen-bond donors (Lipinski definition) is 0. The number of benzene rings is 2. The second kappa shape index (κ2) is 8.16. The molecule has 0 spiro atoms. The minimum atomic E-state index is -3.51. The highest BCUT2D eigenvalue weighted by Gasteiger charge is 2.17. The average molecular weight is 375 g/mol. The number of hydrogen-bond acceptors (Lipinski definition) is 5. The normalized spacial score (nSPS) is 11.7. The highest BCUT2D eigenvalue weighted by molar-refractivity contribution is 7.89. The van der Waals surface area contributed by atoms with E-state index in [9.17, 15) is 13.2 Å². The summed E-state index contributed by atoms with van der Waals surface area (Å²) in [6.45, 7) is 0. The van der Waals surface area contributed by atoms with Gasteiger partial charge in [-0.2, -0.15) is 0 Å². The van der Waals surface area contributed by atoms with Crippen LogP contribution in [-0.2, 0) is 10.0 Å². The molecule has 7 heteroatoms. The Labute approximate surface area is 153 Å². The average Bonchev–Trinajstić information content (AvgIpc) is 2.65. The summed E-state index contributed by atoms with van der Waals surface area (Å²) in [6, 6.07) is 11.1. The molecule has 2 aromatic rings. The molecule has 138 valence electrons. The zero-order chi connectivity index (χ0) is 19.3. The topological polar surface area (TPSA) is 72.9 Å². The van der Waals surface area contributed by atoms with Crippen LogP contribution >= 0.6 is 0 Å². The maximum Gasteiger partial charge on any atom is 0.242 e. The van der Waals surface area contributed by atoms with Crippen molar-refractivity contribution in [3.8, 4) is 11.5 Å². The van der Waals surface area contributed by atoms with Gasteiger partial charge in [0.1, 0.15) is 11.5 Å². The van der Waals surface area contributed by atoms with Gasteiger partial charge in [0.15, 0.2) is 5.78 Å². The minimum Gasteiger partial charge on any atom is -0.497 e. The molecular formula is C19H21NO5S. The van der Waals surface area contributed by atoms with Crippen molar-refractivity contribution in [2.24, 2.45) is 0 Å². The number of carbonyl (C=O) groups excluding carboxylic acids is 1. The maximum absolute atomic E-state index is 12.3. The van der Waals surface area contributed by atoms with Crippen molar-refractivity contribution in [1.82, 2.24) is 4.31 Å². The SMILES string of the molecule is COc1cc(/C=C/C(=O)c2ccc(S(=O)(=O)N(C)C)cc2)cc(OC)c1. The Morgan fingerprint density at radius 3 is 1.96 bits per heavy atom. The summed E-state index contributed by atoms with van der Waals surface area (Å²) in [5.41, 5.74) is 1.15. The van der Waals surface area contributed by atoms with E-state index in [0.29, 0.717) is 17.1 Å². The smallest absolute Gasteiger partial charge is 0.242 e. The van der Waals surface area contributed by atoms with Crippen LogP contribution in [0.4, 0.5) is 0 Å². The maximum atomic E-state index is 12.3. The fraction of sp³-hybridized carbons (Fsp3) is 0.211. The molecule has 0 aromatic heterocycles. The summed E-state index contributed by atoms with van der Waals surface area (Å²) in [7, 11) is 2.51. The zero-order valence-electron chi connectivity index (χ0n) is 15.1. The van der Waals surface area contributed by atoms with Gasteiger partial charge in [0, 0.05) is 25.7 Å². The third kappa shape index (κ3) is 4.50. The second-order valence-corrected chi connectivity index (χ2v) is 7.81. The van der Waals surface area contributed by atoms with Gasteiger partial charge in [-0.05, 0) is 48.0 Å². The van der Waals surface area contributed by atoms with Crippen LogP contribution in [0, 0.1) is 0 Å². The standard InChI is InChI=1S/C19H21NO5S/c1-20(2)26(22,23)18-8-6-15(7-9-18)19(21)10-5-14-11-16(24-3)13-17(12-14)25-4/h5-13H,1-4H3/b10-5+. The summed E-state index contributed by atoms with van der Waals surface area (Å²) < 4.78 is 35.6. The first-order valence-electron chi connectivity index (χ1n) is 7.76. The first-order chi connectivity index (χ1) is 12.3. The highest BCUT2D eigenvalue weighted by Crippen LogP contribution is 2.23. The fourth-order valence-electron chi connectivity index (χ4n) is 2.20. The van der Waals surface area contributed by atoms with Crippen LogP contribution < -0.4 is 9.47 Å². The number of methoxy groups -OCH3 is 2. The summed E-state index contributed by atoms with van der Waals surface area (Å²) in [4.78, 5) is 12.5. The van der Waals surface area contributed by atoms with Crippen molar-refractivity contribution in [3.63, 3.8) is 0 Å². The molecule has 0 amide bonds. The molecule has 0 aliphatic heterocycles. The highest BCUT2D eigenvalue weighted by atomic mass is 32.2. The monoisotopic (exact) mass is 375 g/mol. The van der Waals surface area contributed by atoms with E-state index >= 15 is 0 Å². The first kappa shape index (κ1) is 19.7. The fourth-order valence-corrected chi connectivity index (χ4v) is 3.10. The molecule has 0 aliphatic rings. The largest absolute Gasteiger partial charge is 0.497 e. The van der Waals surface area contributed by atoms with Crippen LogP contribution in [0.1, 0.15) is 15.9 Å². The lowest BCUT2D eigenvalue weighted by atomic mass is 10.1. The second-order valence-electron chi connectivity index (χ2n) is 5.66. The molecule has 0 saturated carbocycles. The number of ketones is 1. The van der Waals surface area contributed by atoms with E-state index < -0.39 is 10.0 Å². The van der Waals surface area contributed by atoms with Crippen molar-refractivity contribution in [1.29, 1.82) is 0 Å². The zero-order valence-corrected chi connectivity index (χ0v) is 15.9. The molecule has 0 saturated heterocycles. The summed E-state index contributed by atoms with van der Waals surface area (Å²) in [5.74, 6) is 1.00. The number of carbonyl (C=O) groups is 1. The quantitative estimate of drug-likeness (QED) is 0.550. The van der Waals surface area contributed by atoms with Gasteiger partial charge in [0.25, 0.3) is 0 Å². The third-order valence-corrected chi connectivity index (χ3v) is 5.55. The lowest BCUT2D eigenvalue weighted by Crippen LogP contribution is -2.22. The Morgan fingerprint density at radius 1 is 0.962 bits per heavy atom. The van der Waals surface area contributed by atoms with Crippen LogP contribution in [0.2, 0.25) is 0 Å². The third-order valence-electron chi connectivity index (χ3n) is 3.72. The lowest BCUT2D eigenvalue weighted by molar-refractivity contribution is 0.104. The number of rotatable bonds is 7. The Hall–Kier alpha value is -2.64. The van der Waals surface area contributed by atoms with Gasteiger partial charge < -0.3 is 9.47 Å². The van der Waals surface area contributed by atoms with Gasteiger partial charge in [-0.3, -0.25) is 4.79 Å². The molecule has 0 aliphatic carbocycles. The van der Waals surface area contributed by atoms with E-state index in [-0.39, 0.29) is 10.7 Å². The van der Waals surface area contributed by atoms with Gasteiger partial charge in [-0.1, -0.05) is 6.08 Å². The Morgan fingerprint density at radius 2 is 1.50 bits per heavy atom. The van der Waals surface area contributed by atoms with Gasteiger partial charge in [0.05, 0.1) is 19.1 Å². The Bertz CT molecular complexity index is 893. The van der Waals surface area contributed by atoms with Crippen molar-refractivity contribution >= 4 is 21.9 Å². The van der Waals surface area contributed by atoms with E-state index in [1.165, 1.54) is 44.4 Å². The van der Waals surface area contributed by atoms with Crippen LogP contribution in [0.25, 0.3) is 6.08 Å². The predicted octanol–water partition coefficient (Wildman–Crippen LogP) is 2.85. The van der Waals surface area contributed by atoms with Crippen molar-refractivity contribution in [2.75, 3.05) is 28.3 Å². The predicted molar refractivity (Wildman–Crippen MR) is 100 cm³/mol. The first-order valence-corrected chi connectivity index (χ1v) is 9.20. The number of allylic oxidation sites excluding steroid dienone is 1. The Kier molecular flexibility index (Phi) is 6.18. The number of ether oxygens (including phenoxy) is 2. The molecule has 0 bridgehead atoms. The van der Waals surface area contributed by atoms with Crippen molar-refractivity contribution < 1.29 is 22.7 Å². The molecular weight excluding hydrogens is 354 g/mol. The van der Waals surface area contributed by atoms with E-state index in [4.69, 9.17) is 9.47 Å². The molecule has 6 nitrogen and oxygen atoms in total. The van der Waals surface area contributed by atoms with E-state index in [1.54, 1.807) is 38.5 Å². The molecule has 0 N–H and O–H groups in total.